The summed E-state index contributed by atoms with van der Waals surface area (Å²) in [5, 5.41) is 9.52. The molecule has 2 bridgehead atoms. The summed E-state index contributed by atoms with van der Waals surface area (Å²) in [6.45, 7) is 3.94. The van der Waals surface area contributed by atoms with E-state index in [-0.39, 0.29) is 6.10 Å². The lowest BCUT2D eigenvalue weighted by atomic mass is 9.82. The van der Waals surface area contributed by atoms with Crippen LogP contribution in [0.4, 0.5) is 0 Å². The van der Waals surface area contributed by atoms with E-state index in [1.165, 1.54) is 5.57 Å². The number of rotatable bonds is 0. The minimum Gasteiger partial charge on any atom is -0.392 e. The van der Waals surface area contributed by atoms with Gasteiger partial charge in [0.05, 0.1) is 6.10 Å². The Bertz CT molecular complexity index is 175. The summed E-state index contributed by atoms with van der Waals surface area (Å²) < 4.78 is 0. The molecule has 0 spiro atoms. The molecule has 0 amide bonds. The molecular weight excluding hydrogens is 124 g/mol. The first kappa shape index (κ1) is 6.17. The van der Waals surface area contributed by atoms with Crippen molar-refractivity contribution < 1.29 is 5.11 Å². The van der Waals surface area contributed by atoms with Gasteiger partial charge in [-0.25, -0.2) is 0 Å². The largest absolute Gasteiger partial charge is 0.392 e. The number of hydrogen-bond acceptors (Lipinski definition) is 1. The molecule has 2 aliphatic rings. The van der Waals surface area contributed by atoms with Crippen molar-refractivity contribution in [2.24, 2.45) is 11.8 Å². The standard InChI is InChI=1S/C9H12O/c1-6-4-7-2-3-8(5-6)9(7)10/h2-3,7-10H,1,4-5H2. The van der Waals surface area contributed by atoms with Gasteiger partial charge in [0, 0.05) is 11.8 Å². The van der Waals surface area contributed by atoms with Crippen LogP contribution in [0.5, 0.6) is 0 Å². The molecule has 2 unspecified atom stereocenters. The Morgan fingerprint density at radius 3 is 2.30 bits per heavy atom. The lowest BCUT2D eigenvalue weighted by Crippen LogP contribution is -2.27. The van der Waals surface area contributed by atoms with Gasteiger partial charge in [0.1, 0.15) is 0 Å². The lowest BCUT2D eigenvalue weighted by molar-refractivity contribution is 0.0871. The highest BCUT2D eigenvalue weighted by Crippen LogP contribution is 2.38. The van der Waals surface area contributed by atoms with Gasteiger partial charge in [-0.15, -0.1) is 0 Å². The van der Waals surface area contributed by atoms with Crippen LogP contribution in [0.3, 0.4) is 0 Å². The molecule has 0 heterocycles. The summed E-state index contributed by atoms with van der Waals surface area (Å²) in [6.07, 6.45) is 6.15. The van der Waals surface area contributed by atoms with Gasteiger partial charge in [-0.2, -0.15) is 0 Å². The highest BCUT2D eigenvalue weighted by atomic mass is 16.3. The van der Waals surface area contributed by atoms with Gasteiger partial charge in [-0.05, 0) is 12.8 Å². The van der Waals surface area contributed by atoms with Crippen molar-refractivity contribution in [1.82, 2.24) is 0 Å². The van der Waals surface area contributed by atoms with E-state index in [0.717, 1.165) is 12.8 Å². The molecule has 1 nitrogen and oxygen atoms in total. The summed E-state index contributed by atoms with van der Waals surface area (Å²) in [7, 11) is 0. The summed E-state index contributed by atoms with van der Waals surface area (Å²) in [5.41, 5.74) is 1.30. The van der Waals surface area contributed by atoms with Crippen molar-refractivity contribution in [3.05, 3.63) is 24.3 Å². The van der Waals surface area contributed by atoms with E-state index < -0.39 is 0 Å². The van der Waals surface area contributed by atoms with Gasteiger partial charge in [0.15, 0.2) is 0 Å². The topological polar surface area (TPSA) is 20.2 Å². The Labute approximate surface area is 61.1 Å². The number of fused-ring (bicyclic) bond motifs is 2. The summed E-state index contributed by atoms with van der Waals surface area (Å²) >= 11 is 0. The first-order chi connectivity index (χ1) is 4.77. The fraction of sp³-hybridized carbons (Fsp3) is 0.556. The normalized spacial score (nSPS) is 44.5. The molecule has 0 aliphatic heterocycles. The Hall–Kier alpha value is -0.560. The third-order valence-corrected chi connectivity index (χ3v) is 2.53. The van der Waals surface area contributed by atoms with Crippen LogP contribution in [0.2, 0.25) is 0 Å². The predicted molar refractivity (Wildman–Crippen MR) is 40.5 cm³/mol. The molecule has 2 atom stereocenters. The molecule has 0 aromatic heterocycles. The van der Waals surface area contributed by atoms with E-state index in [4.69, 9.17) is 0 Å². The molecule has 0 aromatic carbocycles. The van der Waals surface area contributed by atoms with Gasteiger partial charge in [0.2, 0.25) is 0 Å². The molecule has 1 fully saturated rings. The molecule has 1 saturated carbocycles. The number of aliphatic hydroxyl groups is 1. The minimum absolute atomic E-state index is 0.106. The fourth-order valence-electron chi connectivity index (χ4n) is 1.96. The van der Waals surface area contributed by atoms with Crippen molar-refractivity contribution in [3.8, 4) is 0 Å². The van der Waals surface area contributed by atoms with Crippen molar-refractivity contribution >= 4 is 0 Å². The summed E-state index contributed by atoms with van der Waals surface area (Å²) in [5.74, 6) is 0.762. The Balaban J connectivity index is 2.22. The van der Waals surface area contributed by atoms with Gasteiger partial charge in [0.25, 0.3) is 0 Å². The number of aliphatic hydroxyl groups excluding tert-OH is 1. The molecule has 0 radical (unpaired) electrons. The van der Waals surface area contributed by atoms with Crippen LogP contribution in [0, 0.1) is 11.8 Å². The maximum absolute atomic E-state index is 9.52. The zero-order chi connectivity index (χ0) is 7.14. The molecule has 2 rings (SSSR count). The average Bonchev–Trinajstić information content (AvgIpc) is 2.20. The third-order valence-electron chi connectivity index (χ3n) is 2.53. The first-order valence-electron chi connectivity index (χ1n) is 3.80. The van der Waals surface area contributed by atoms with Crippen molar-refractivity contribution in [3.63, 3.8) is 0 Å². The van der Waals surface area contributed by atoms with Crippen LogP contribution in [0.15, 0.2) is 24.3 Å². The first-order valence-corrected chi connectivity index (χ1v) is 3.80. The van der Waals surface area contributed by atoms with Crippen LogP contribution < -0.4 is 0 Å². The van der Waals surface area contributed by atoms with Crippen LogP contribution in [0.25, 0.3) is 0 Å². The monoisotopic (exact) mass is 136 g/mol. The highest BCUT2D eigenvalue weighted by molar-refractivity contribution is 5.19. The van der Waals surface area contributed by atoms with Gasteiger partial charge in [-0.1, -0.05) is 24.3 Å². The van der Waals surface area contributed by atoms with E-state index in [1.54, 1.807) is 0 Å². The maximum Gasteiger partial charge on any atom is 0.0671 e. The molecule has 2 aliphatic carbocycles. The second-order valence-corrected chi connectivity index (χ2v) is 3.36. The molecule has 0 aromatic rings. The van der Waals surface area contributed by atoms with E-state index >= 15 is 0 Å². The maximum atomic E-state index is 9.52. The Morgan fingerprint density at radius 1 is 1.30 bits per heavy atom. The summed E-state index contributed by atoms with van der Waals surface area (Å²) in [6, 6.07) is 0. The van der Waals surface area contributed by atoms with Crippen molar-refractivity contribution in [1.29, 1.82) is 0 Å². The molecule has 10 heavy (non-hydrogen) atoms. The van der Waals surface area contributed by atoms with Crippen LogP contribution in [-0.4, -0.2) is 11.2 Å². The van der Waals surface area contributed by atoms with Crippen LogP contribution in [-0.2, 0) is 0 Å². The van der Waals surface area contributed by atoms with E-state index in [2.05, 4.69) is 18.7 Å². The van der Waals surface area contributed by atoms with E-state index in [0.29, 0.717) is 11.8 Å². The minimum atomic E-state index is -0.106. The van der Waals surface area contributed by atoms with Crippen molar-refractivity contribution in [2.75, 3.05) is 0 Å². The van der Waals surface area contributed by atoms with E-state index in [9.17, 15) is 5.11 Å². The number of hydrogen-bond donors (Lipinski definition) is 1. The van der Waals surface area contributed by atoms with Crippen LogP contribution >= 0.6 is 0 Å². The molecular formula is C9H12O. The van der Waals surface area contributed by atoms with Gasteiger partial charge >= 0.3 is 0 Å². The zero-order valence-corrected chi connectivity index (χ0v) is 5.96. The SMILES string of the molecule is C=C1CC2C=CC(C1)C2O. The molecule has 1 heteroatoms. The van der Waals surface area contributed by atoms with Crippen molar-refractivity contribution in [2.45, 2.75) is 18.9 Å². The smallest absolute Gasteiger partial charge is 0.0671 e. The van der Waals surface area contributed by atoms with E-state index in [1.807, 2.05) is 0 Å². The number of allylic oxidation sites excluding steroid dienone is 1. The highest BCUT2D eigenvalue weighted by Gasteiger charge is 2.34. The second-order valence-electron chi connectivity index (χ2n) is 3.36. The lowest BCUT2D eigenvalue weighted by Gasteiger charge is -2.27. The quantitative estimate of drug-likeness (QED) is 0.500. The Kier molecular flexibility index (Phi) is 1.21. The molecule has 1 N–H and O–H groups in total. The second kappa shape index (κ2) is 1.96. The molecule has 0 saturated heterocycles. The third kappa shape index (κ3) is 0.739. The molecule has 54 valence electrons. The predicted octanol–water partition coefficient (Wildman–Crippen LogP) is 1.50. The average molecular weight is 136 g/mol. The van der Waals surface area contributed by atoms with Crippen LogP contribution in [0.1, 0.15) is 12.8 Å². The van der Waals surface area contributed by atoms with Gasteiger partial charge < -0.3 is 5.11 Å². The summed E-state index contributed by atoms with van der Waals surface area (Å²) in [4.78, 5) is 0. The Morgan fingerprint density at radius 2 is 1.80 bits per heavy atom. The van der Waals surface area contributed by atoms with Gasteiger partial charge in [-0.3, -0.25) is 0 Å². The zero-order valence-electron chi connectivity index (χ0n) is 5.96. The fourth-order valence-corrected chi connectivity index (χ4v) is 1.96.